The van der Waals surface area contributed by atoms with Crippen molar-refractivity contribution in [3.05, 3.63) is 28.0 Å². The molecule has 1 fully saturated rings. The Morgan fingerprint density at radius 3 is 2.89 bits per heavy atom. The van der Waals surface area contributed by atoms with Crippen molar-refractivity contribution in [1.82, 2.24) is 5.32 Å². The summed E-state index contributed by atoms with van der Waals surface area (Å²) in [5, 5.41) is 14.0. The van der Waals surface area contributed by atoms with Crippen molar-refractivity contribution in [2.75, 3.05) is 0 Å². The van der Waals surface area contributed by atoms with Crippen LogP contribution in [0.1, 0.15) is 38.9 Å². The van der Waals surface area contributed by atoms with Gasteiger partial charge in [-0.25, -0.2) is 0 Å². The maximum absolute atomic E-state index is 10.5. The molecule has 1 N–H and O–H groups in total. The summed E-state index contributed by atoms with van der Waals surface area (Å²) in [6.45, 7) is 5.12. The first-order chi connectivity index (χ1) is 8.58. The minimum atomic E-state index is -0.505. The van der Waals surface area contributed by atoms with Crippen LogP contribution in [0.4, 0.5) is 5.88 Å². The van der Waals surface area contributed by atoms with Crippen LogP contribution in [-0.2, 0) is 6.54 Å². The lowest BCUT2D eigenvalue weighted by Crippen LogP contribution is -2.40. The predicted octanol–water partition coefficient (Wildman–Crippen LogP) is 3.10. The zero-order valence-electron chi connectivity index (χ0n) is 10.9. The molecule has 5 heteroatoms. The highest BCUT2D eigenvalue weighted by atomic mass is 16.6. The molecule has 0 spiro atoms. The Bertz CT molecular complexity index is 416. The fraction of sp³-hybridized carbons (Fsp3) is 0.692. The molecule has 0 bridgehead atoms. The van der Waals surface area contributed by atoms with Crippen LogP contribution in [-0.4, -0.2) is 11.0 Å². The summed E-state index contributed by atoms with van der Waals surface area (Å²) in [4.78, 5) is 10.0. The van der Waals surface area contributed by atoms with Crippen LogP contribution in [0.3, 0.4) is 0 Å². The van der Waals surface area contributed by atoms with Crippen molar-refractivity contribution in [3.8, 4) is 0 Å². The molecular formula is C13H20N2O3. The Morgan fingerprint density at radius 2 is 2.22 bits per heavy atom. The second-order valence-electron chi connectivity index (χ2n) is 5.25. The van der Waals surface area contributed by atoms with E-state index in [1.54, 1.807) is 6.07 Å². The number of hydrogen-bond donors (Lipinski definition) is 1. The minimum absolute atomic E-state index is 0.183. The van der Waals surface area contributed by atoms with Crippen LogP contribution >= 0.6 is 0 Å². The van der Waals surface area contributed by atoms with Crippen molar-refractivity contribution < 1.29 is 9.34 Å². The Morgan fingerprint density at radius 1 is 1.44 bits per heavy atom. The number of rotatable bonds is 4. The van der Waals surface area contributed by atoms with E-state index in [9.17, 15) is 10.1 Å². The quantitative estimate of drug-likeness (QED) is 0.660. The lowest BCUT2D eigenvalue weighted by molar-refractivity contribution is -0.402. The molecule has 3 unspecified atom stereocenters. The highest BCUT2D eigenvalue weighted by Crippen LogP contribution is 2.29. The summed E-state index contributed by atoms with van der Waals surface area (Å²) < 4.78 is 5.14. The third-order valence-corrected chi connectivity index (χ3v) is 4.07. The van der Waals surface area contributed by atoms with Gasteiger partial charge in [0.1, 0.15) is 10.7 Å². The van der Waals surface area contributed by atoms with Crippen LogP contribution in [0.15, 0.2) is 16.5 Å². The van der Waals surface area contributed by atoms with Gasteiger partial charge in [-0.15, -0.1) is 0 Å². The smallest absolute Gasteiger partial charge is 0.404 e. The fourth-order valence-electron chi connectivity index (χ4n) is 2.66. The average Bonchev–Trinajstić information content (AvgIpc) is 2.80. The molecule has 1 aliphatic rings. The molecule has 1 aromatic rings. The van der Waals surface area contributed by atoms with E-state index in [4.69, 9.17) is 4.42 Å². The minimum Gasteiger partial charge on any atom is -0.404 e. The molecule has 0 aliphatic heterocycles. The Labute approximate surface area is 107 Å². The lowest BCUT2D eigenvalue weighted by atomic mass is 9.78. The molecule has 18 heavy (non-hydrogen) atoms. The van der Waals surface area contributed by atoms with Crippen molar-refractivity contribution in [3.63, 3.8) is 0 Å². The van der Waals surface area contributed by atoms with Gasteiger partial charge in [-0.1, -0.05) is 26.7 Å². The maximum atomic E-state index is 10.5. The Kier molecular flexibility index (Phi) is 4.01. The van der Waals surface area contributed by atoms with E-state index in [2.05, 4.69) is 19.2 Å². The molecule has 0 amide bonds. The summed E-state index contributed by atoms with van der Waals surface area (Å²) in [5.74, 6) is 1.83. The average molecular weight is 252 g/mol. The standard InChI is InChI=1S/C13H20N2O3/c1-9-4-3-5-12(10(9)2)14-8-11-6-7-13(18-11)15(16)17/h6-7,9-10,12,14H,3-5,8H2,1-2H3. The molecule has 100 valence electrons. The largest absolute Gasteiger partial charge is 0.433 e. The van der Waals surface area contributed by atoms with E-state index >= 15 is 0 Å². The van der Waals surface area contributed by atoms with Crippen molar-refractivity contribution >= 4 is 5.88 Å². The molecule has 5 nitrogen and oxygen atoms in total. The van der Waals surface area contributed by atoms with Gasteiger partial charge in [-0.05, 0) is 24.3 Å². The molecule has 1 saturated carbocycles. The van der Waals surface area contributed by atoms with Crippen molar-refractivity contribution in [2.24, 2.45) is 11.8 Å². The normalized spacial score (nSPS) is 28.2. The first-order valence-corrected chi connectivity index (χ1v) is 6.54. The Hall–Kier alpha value is -1.36. The van der Waals surface area contributed by atoms with Gasteiger partial charge >= 0.3 is 5.88 Å². The summed E-state index contributed by atoms with van der Waals surface area (Å²) in [6, 6.07) is 3.56. The highest BCUT2D eigenvalue weighted by molar-refractivity contribution is 5.17. The van der Waals surface area contributed by atoms with Gasteiger partial charge in [0.15, 0.2) is 0 Å². The lowest BCUT2D eigenvalue weighted by Gasteiger charge is -2.34. The van der Waals surface area contributed by atoms with Gasteiger partial charge in [0.2, 0.25) is 0 Å². The van der Waals surface area contributed by atoms with Gasteiger partial charge in [0, 0.05) is 6.04 Å². The second kappa shape index (κ2) is 5.52. The molecule has 0 saturated heterocycles. The Balaban J connectivity index is 1.88. The summed E-state index contributed by atoms with van der Waals surface area (Å²) in [6.07, 6.45) is 3.72. The predicted molar refractivity (Wildman–Crippen MR) is 68.2 cm³/mol. The third kappa shape index (κ3) is 2.90. The SMILES string of the molecule is CC1CCCC(NCc2ccc([N+](=O)[O-])o2)C1C. The van der Waals surface area contributed by atoms with Gasteiger partial charge in [0.05, 0.1) is 12.6 Å². The number of nitro groups is 1. The zero-order valence-corrected chi connectivity index (χ0v) is 10.9. The van der Waals surface area contributed by atoms with E-state index in [1.807, 2.05) is 0 Å². The van der Waals surface area contributed by atoms with E-state index in [1.165, 1.54) is 25.3 Å². The van der Waals surface area contributed by atoms with Gasteiger partial charge < -0.3 is 9.73 Å². The van der Waals surface area contributed by atoms with E-state index in [-0.39, 0.29) is 5.88 Å². The molecule has 2 rings (SSSR count). The van der Waals surface area contributed by atoms with E-state index in [0.717, 1.165) is 5.92 Å². The van der Waals surface area contributed by atoms with Crippen LogP contribution < -0.4 is 5.32 Å². The fourth-order valence-corrected chi connectivity index (χ4v) is 2.66. The van der Waals surface area contributed by atoms with Gasteiger partial charge in [0.25, 0.3) is 0 Å². The molecular weight excluding hydrogens is 232 g/mol. The first kappa shape index (κ1) is 13.1. The van der Waals surface area contributed by atoms with E-state index < -0.39 is 4.92 Å². The molecule has 1 aliphatic carbocycles. The topological polar surface area (TPSA) is 68.3 Å². The third-order valence-electron chi connectivity index (χ3n) is 4.07. The number of nitrogens with zero attached hydrogens (tertiary/aromatic N) is 1. The summed E-state index contributed by atoms with van der Waals surface area (Å²) in [5.41, 5.74) is 0. The molecule has 3 atom stereocenters. The monoisotopic (exact) mass is 252 g/mol. The van der Waals surface area contributed by atoms with Crippen LogP contribution in [0.5, 0.6) is 0 Å². The second-order valence-corrected chi connectivity index (χ2v) is 5.25. The van der Waals surface area contributed by atoms with Crippen LogP contribution in [0.2, 0.25) is 0 Å². The van der Waals surface area contributed by atoms with Gasteiger partial charge in [-0.3, -0.25) is 10.1 Å². The van der Waals surface area contributed by atoms with Gasteiger partial charge in [-0.2, -0.15) is 0 Å². The highest BCUT2D eigenvalue weighted by Gasteiger charge is 2.26. The first-order valence-electron chi connectivity index (χ1n) is 6.54. The van der Waals surface area contributed by atoms with Crippen molar-refractivity contribution in [1.29, 1.82) is 0 Å². The summed E-state index contributed by atoms with van der Waals surface area (Å²) >= 11 is 0. The summed E-state index contributed by atoms with van der Waals surface area (Å²) in [7, 11) is 0. The molecule has 0 radical (unpaired) electrons. The van der Waals surface area contributed by atoms with Crippen LogP contribution in [0, 0.1) is 22.0 Å². The van der Waals surface area contributed by atoms with Crippen molar-refractivity contribution in [2.45, 2.75) is 45.7 Å². The molecule has 1 aromatic heterocycles. The molecule has 0 aromatic carbocycles. The van der Waals surface area contributed by atoms with E-state index in [0.29, 0.717) is 24.3 Å². The molecule has 1 heterocycles. The zero-order chi connectivity index (χ0) is 13.1. The number of hydrogen-bond acceptors (Lipinski definition) is 4. The number of nitrogens with one attached hydrogen (secondary N) is 1. The number of furan rings is 1. The van der Waals surface area contributed by atoms with Crippen LogP contribution in [0.25, 0.3) is 0 Å². The maximum Gasteiger partial charge on any atom is 0.433 e.